The van der Waals surface area contributed by atoms with Crippen LogP contribution in [0.4, 0.5) is 5.82 Å². The molecule has 0 saturated carbocycles. The lowest BCUT2D eigenvalue weighted by Gasteiger charge is -2.34. The van der Waals surface area contributed by atoms with Crippen LogP contribution in [-0.4, -0.2) is 43.2 Å². The molecule has 2 aromatic rings. The van der Waals surface area contributed by atoms with Crippen LogP contribution in [0.5, 0.6) is 0 Å². The lowest BCUT2D eigenvalue weighted by Crippen LogP contribution is -2.49. The largest absolute Gasteiger partial charge is 0.357 e. The van der Waals surface area contributed by atoms with Gasteiger partial charge in [-0.25, -0.2) is 4.98 Å². The summed E-state index contributed by atoms with van der Waals surface area (Å²) in [6, 6.07) is 11.0. The number of hydrogen-bond acceptors (Lipinski definition) is 4. The Kier molecular flexibility index (Phi) is 6.94. The van der Waals surface area contributed by atoms with E-state index in [1.807, 2.05) is 11.3 Å². The van der Waals surface area contributed by atoms with E-state index in [0.29, 0.717) is 6.04 Å². The number of thiophene rings is 1. The van der Waals surface area contributed by atoms with Gasteiger partial charge in [-0.2, -0.15) is 0 Å². The van der Waals surface area contributed by atoms with Crippen molar-refractivity contribution in [1.29, 1.82) is 0 Å². The number of aromatic nitrogens is 1. The maximum Gasteiger partial charge on any atom is 0.191 e. The Morgan fingerprint density at radius 1 is 1.25 bits per heavy atom. The van der Waals surface area contributed by atoms with E-state index in [-0.39, 0.29) is 5.41 Å². The lowest BCUT2D eigenvalue weighted by atomic mass is 9.92. The van der Waals surface area contributed by atoms with Gasteiger partial charge in [0.25, 0.3) is 0 Å². The third kappa shape index (κ3) is 5.47. The Morgan fingerprint density at radius 2 is 2.04 bits per heavy atom. The first kappa shape index (κ1) is 20.6. The molecule has 0 bridgehead atoms. The van der Waals surface area contributed by atoms with Crippen LogP contribution in [0.15, 0.2) is 40.7 Å². The molecule has 1 aliphatic rings. The van der Waals surface area contributed by atoms with E-state index in [0.717, 1.165) is 56.5 Å². The van der Waals surface area contributed by atoms with Crippen molar-refractivity contribution >= 4 is 23.1 Å². The second kappa shape index (κ2) is 9.41. The minimum Gasteiger partial charge on any atom is -0.357 e. The summed E-state index contributed by atoms with van der Waals surface area (Å²) in [6.07, 6.45) is 2.18. The van der Waals surface area contributed by atoms with Gasteiger partial charge in [0.1, 0.15) is 5.82 Å². The average Bonchev–Trinajstić information content (AvgIpc) is 3.23. The summed E-state index contributed by atoms with van der Waals surface area (Å²) in [7, 11) is 0. The molecule has 2 aromatic heterocycles. The van der Waals surface area contributed by atoms with Crippen molar-refractivity contribution in [3.8, 4) is 0 Å². The van der Waals surface area contributed by atoms with Gasteiger partial charge in [-0.05, 0) is 50.3 Å². The number of aryl methyl sites for hydroxylation is 1. The molecule has 0 aliphatic carbocycles. The van der Waals surface area contributed by atoms with Gasteiger partial charge < -0.3 is 15.5 Å². The second-order valence-electron chi connectivity index (χ2n) is 8.10. The number of guanidine groups is 1. The molecule has 0 amide bonds. The maximum atomic E-state index is 4.90. The molecule has 0 radical (unpaired) electrons. The molecule has 1 saturated heterocycles. The normalized spacial score (nSPS) is 16.3. The fourth-order valence-corrected chi connectivity index (χ4v) is 4.33. The van der Waals surface area contributed by atoms with Crippen LogP contribution in [0.2, 0.25) is 0 Å². The minimum absolute atomic E-state index is 0.0523. The molecular weight excluding hydrogens is 366 g/mol. The zero-order valence-electron chi connectivity index (χ0n) is 17.5. The Labute approximate surface area is 173 Å². The molecule has 0 atom stereocenters. The summed E-state index contributed by atoms with van der Waals surface area (Å²) < 4.78 is 0. The van der Waals surface area contributed by atoms with Gasteiger partial charge in [-0.3, -0.25) is 4.99 Å². The molecule has 152 valence electrons. The van der Waals surface area contributed by atoms with E-state index in [1.165, 1.54) is 4.88 Å². The van der Waals surface area contributed by atoms with E-state index in [9.17, 15) is 0 Å². The molecule has 6 heteroatoms. The second-order valence-corrected chi connectivity index (χ2v) is 9.05. The molecule has 28 heavy (non-hydrogen) atoms. The third-order valence-electron chi connectivity index (χ3n) is 5.20. The molecule has 1 fully saturated rings. The van der Waals surface area contributed by atoms with Gasteiger partial charge in [0, 0.05) is 41.7 Å². The first-order valence-corrected chi connectivity index (χ1v) is 11.1. The summed E-state index contributed by atoms with van der Waals surface area (Å²) in [5, 5.41) is 9.21. The van der Waals surface area contributed by atoms with Gasteiger partial charge in [0.05, 0.1) is 6.54 Å². The number of piperidine rings is 1. The summed E-state index contributed by atoms with van der Waals surface area (Å²) in [4.78, 5) is 13.3. The van der Waals surface area contributed by atoms with Gasteiger partial charge in [0.15, 0.2) is 5.96 Å². The maximum absolute atomic E-state index is 4.90. The van der Waals surface area contributed by atoms with Crippen molar-refractivity contribution in [1.82, 2.24) is 15.6 Å². The number of nitrogens with one attached hydrogen (secondary N) is 2. The smallest absolute Gasteiger partial charge is 0.191 e. The van der Waals surface area contributed by atoms with Crippen LogP contribution >= 0.6 is 11.3 Å². The van der Waals surface area contributed by atoms with Crippen molar-refractivity contribution in [2.24, 2.45) is 4.99 Å². The monoisotopic (exact) mass is 399 g/mol. The topological polar surface area (TPSA) is 52.6 Å². The predicted molar refractivity (Wildman–Crippen MR) is 121 cm³/mol. The van der Waals surface area contributed by atoms with Gasteiger partial charge >= 0.3 is 0 Å². The predicted octanol–water partition coefficient (Wildman–Crippen LogP) is 3.95. The summed E-state index contributed by atoms with van der Waals surface area (Å²) >= 11 is 1.81. The molecule has 0 aromatic carbocycles. The van der Waals surface area contributed by atoms with E-state index >= 15 is 0 Å². The third-order valence-corrected chi connectivity index (χ3v) is 6.43. The highest BCUT2D eigenvalue weighted by molar-refractivity contribution is 7.10. The van der Waals surface area contributed by atoms with E-state index in [4.69, 9.17) is 4.99 Å². The number of rotatable bonds is 6. The summed E-state index contributed by atoms with van der Waals surface area (Å²) in [6.45, 7) is 12.4. The quantitative estimate of drug-likeness (QED) is 0.570. The Bertz CT molecular complexity index is 761. The molecule has 0 unspecified atom stereocenters. The highest BCUT2D eigenvalue weighted by Gasteiger charge is 2.23. The van der Waals surface area contributed by atoms with E-state index in [2.05, 4.69) is 83.9 Å². The molecule has 3 heterocycles. The van der Waals surface area contributed by atoms with Crippen LogP contribution in [0.25, 0.3) is 0 Å². The molecular formula is C22H33N5S. The van der Waals surface area contributed by atoms with Crippen LogP contribution in [0.1, 0.15) is 44.2 Å². The van der Waals surface area contributed by atoms with E-state index in [1.54, 1.807) is 0 Å². The van der Waals surface area contributed by atoms with Crippen LogP contribution in [0.3, 0.4) is 0 Å². The number of aliphatic imine (C=N–C) groups is 1. The Balaban J connectivity index is 1.56. The fourth-order valence-electron chi connectivity index (χ4n) is 3.49. The zero-order chi connectivity index (χ0) is 20.0. The minimum atomic E-state index is 0.0523. The fraction of sp³-hybridized carbons (Fsp3) is 0.545. The number of anilines is 1. The van der Waals surface area contributed by atoms with Gasteiger partial charge in [0.2, 0.25) is 0 Å². The van der Waals surface area contributed by atoms with Crippen LogP contribution < -0.4 is 15.5 Å². The first-order valence-electron chi connectivity index (χ1n) is 10.3. The lowest BCUT2D eigenvalue weighted by molar-refractivity contribution is 0.457. The first-order chi connectivity index (χ1) is 13.5. The summed E-state index contributed by atoms with van der Waals surface area (Å²) in [5.74, 6) is 2.02. The molecule has 5 nitrogen and oxygen atoms in total. The SMILES string of the molecule is CCNC(=NCC(C)(C)c1cccs1)NC1CCN(c2cccc(C)n2)CC1. The van der Waals surface area contributed by atoms with Crippen molar-refractivity contribution in [2.45, 2.75) is 52.0 Å². The van der Waals surface area contributed by atoms with Crippen molar-refractivity contribution < 1.29 is 0 Å². The van der Waals surface area contributed by atoms with Gasteiger partial charge in [-0.15, -0.1) is 11.3 Å². The Hall–Kier alpha value is -2.08. The highest BCUT2D eigenvalue weighted by Crippen LogP contribution is 2.27. The number of hydrogen-bond donors (Lipinski definition) is 2. The molecule has 3 rings (SSSR count). The van der Waals surface area contributed by atoms with Crippen molar-refractivity contribution in [2.75, 3.05) is 31.1 Å². The summed E-state index contributed by atoms with van der Waals surface area (Å²) in [5.41, 5.74) is 1.13. The standard InChI is InChI=1S/C22H33N5S/c1-5-23-21(24-16-22(3,4)19-9-7-15-28-19)26-18-11-13-27(14-12-18)20-10-6-8-17(2)25-20/h6-10,15,18H,5,11-14,16H2,1-4H3,(H2,23,24,26). The van der Waals surface area contributed by atoms with Crippen LogP contribution in [0, 0.1) is 6.92 Å². The van der Waals surface area contributed by atoms with Crippen LogP contribution in [-0.2, 0) is 5.41 Å². The molecule has 2 N–H and O–H groups in total. The molecule has 1 aliphatic heterocycles. The van der Waals surface area contributed by atoms with E-state index < -0.39 is 0 Å². The molecule has 0 spiro atoms. The number of pyridine rings is 1. The Morgan fingerprint density at radius 3 is 2.68 bits per heavy atom. The zero-order valence-corrected chi connectivity index (χ0v) is 18.4. The van der Waals surface area contributed by atoms with Crippen molar-refractivity contribution in [3.63, 3.8) is 0 Å². The van der Waals surface area contributed by atoms with Gasteiger partial charge in [-0.1, -0.05) is 26.0 Å². The van der Waals surface area contributed by atoms with Crippen molar-refractivity contribution in [3.05, 3.63) is 46.3 Å². The number of nitrogens with zero attached hydrogens (tertiary/aromatic N) is 3. The average molecular weight is 400 g/mol. The highest BCUT2D eigenvalue weighted by atomic mass is 32.1.